The van der Waals surface area contributed by atoms with Crippen LogP contribution < -0.4 is 15.6 Å². The Hall–Kier alpha value is -3.17. The van der Waals surface area contributed by atoms with Gasteiger partial charge in [0.1, 0.15) is 6.54 Å². The molecule has 8 nitrogen and oxygen atoms in total. The Kier molecular flexibility index (Phi) is 5.31. The van der Waals surface area contributed by atoms with Crippen molar-refractivity contribution in [2.75, 3.05) is 16.8 Å². The molecule has 0 bridgehead atoms. The number of rotatable bonds is 4. The van der Waals surface area contributed by atoms with Gasteiger partial charge in [0.15, 0.2) is 6.17 Å². The van der Waals surface area contributed by atoms with E-state index in [1.165, 1.54) is 16.0 Å². The largest absolute Gasteiger partial charge is 0.340 e. The van der Waals surface area contributed by atoms with Crippen LogP contribution in [0.2, 0.25) is 0 Å². The number of hydrogen-bond acceptors (Lipinski definition) is 4. The van der Waals surface area contributed by atoms with Crippen molar-refractivity contribution in [2.24, 2.45) is 0 Å². The first-order valence-electron chi connectivity index (χ1n) is 9.33. The zero-order valence-corrected chi connectivity index (χ0v) is 18.0. The Morgan fingerprint density at radius 2 is 1.83 bits per heavy atom. The molecule has 30 heavy (non-hydrogen) atoms. The van der Waals surface area contributed by atoms with Gasteiger partial charge < -0.3 is 5.32 Å². The van der Waals surface area contributed by atoms with Crippen molar-refractivity contribution >= 4 is 45.2 Å². The number of anilines is 2. The molecule has 9 heteroatoms. The Labute approximate surface area is 182 Å². The van der Waals surface area contributed by atoms with Crippen molar-refractivity contribution in [3.8, 4) is 0 Å². The summed E-state index contributed by atoms with van der Waals surface area (Å²) in [5.74, 6) is -0.672. The number of nitrogens with zero attached hydrogens (tertiary/aromatic N) is 3. The zero-order chi connectivity index (χ0) is 21.4. The molecule has 2 heterocycles. The number of amides is 4. The summed E-state index contributed by atoms with van der Waals surface area (Å²) in [4.78, 5) is 40.8. The molecular formula is C21H20BrN5O3. The molecule has 1 atom stereocenters. The summed E-state index contributed by atoms with van der Waals surface area (Å²) >= 11 is 3.37. The average molecular weight is 470 g/mol. The van der Waals surface area contributed by atoms with Gasteiger partial charge in [-0.15, -0.1) is 0 Å². The number of carbonyl (C=O) groups is 3. The summed E-state index contributed by atoms with van der Waals surface area (Å²) < 4.78 is 0.900. The Morgan fingerprint density at radius 1 is 1.10 bits per heavy atom. The number of carbonyl (C=O) groups excluding carboxylic acids is 3. The molecule has 1 saturated heterocycles. The highest BCUT2D eigenvalue weighted by Crippen LogP contribution is 2.25. The van der Waals surface area contributed by atoms with Crippen LogP contribution in [-0.2, 0) is 9.59 Å². The number of urea groups is 1. The molecule has 4 rings (SSSR count). The summed E-state index contributed by atoms with van der Waals surface area (Å²) in [6.07, 6.45) is 2.17. The lowest BCUT2D eigenvalue weighted by atomic mass is 10.1. The number of benzene rings is 2. The molecule has 2 N–H and O–H groups in total. The lowest BCUT2D eigenvalue weighted by Crippen LogP contribution is -2.52. The maximum Gasteiger partial charge on any atom is 0.340 e. The monoisotopic (exact) mass is 469 g/mol. The summed E-state index contributed by atoms with van der Waals surface area (Å²) in [7, 11) is 0. The van der Waals surface area contributed by atoms with Crippen LogP contribution in [0.4, 0.5) is 16.2 Å². The van der Waals surface area contributed by atoms with Gasteiger partial charge in [-0.3, -0.25) is 19.4 Å². The van der Waals surface area contributed by atoms with Gasteiger partial charge >= 0.3 is 6.03 Å². The lowest BCUT2D eigenvalue weighted by molar-refractivity contribution is -0.123. The van der Waals surface area contributed by atoms with Crippen LogP contribution in [0.5, 0.6) is 0 Å². The SMILES string of the molecule is Cc1ccc(NC(=O)CN2NC3C(=O)N(c4ccc(Br)cc4)C=CN3C2=O)c(C)c1. The van der Waals surface area contributed by atoms with Gasteiger partial charge in [-0.2, -0.15) is 5.43 Å². The van der Waals surface area contributed by atoms with Gasteiger partial charge in [0.05, 0.1) is 0 Å². The minimum absolute atomic E-state index is 0.224. The predicted molar refractivity (Wildman–Crippen MR) is 116 cm³/mol. The maximum absolute atomic E-state index is 12.9. The highest BCUT2D eigenvalue weighted by molar-refractivity contribution is 9.10. The van der Waals surface area contributed by atoms with Gasteiger partial charge in [-0.05, 0) is 49.7 Å². The van der Waals surface area contributed by atoms with E-state index >= 15 is 0 Å². The fourth-order valence-corrected chi connectivity index (χ4v) is 3.66. The molecule has 4 amide bonds. The van der Waals surface area contributed by atoms with E-state index in [0.29, 0.717) is 11.4 Å². The molecular weight excluding hydrogens is 450 g/mol. The topological polar surface area (TPSA) is 85.0 Å². The second-order valence-electron chi connectivity index (χ2n) is 7.16. The maximum atomic E-state index is 12.9. The highest BCUT2D eigenvalue weighted by Gasteiger charge is 2.44. The fourth-order valence-electron chi connectivity index (χ4n) is 3.40. The van der Waals surface area contributed by atoms with Gasteiger partial charge in [0.2, 0.25) is 5.91 Å². The van der Waals surface area contributed by atoms with Crippen LogP contribution in [-0.4, -0.2) is 40.5 Å². The van der Waals surface area contributed by atoms with Crippen LogP contribution >= 0.6 is 15.9 Å². The van der Waals surface area contributed by atoms with Crippen LogP contribution in [0.15, 0.2) is 59.3 Å². The number of aryl methyl sites for hydroxylation is 2. The van der Waals surface area contributed by atoms with Crippen molar-refractivity contribution in [1.82, 2.24) is 15.3 Å². The number of hydrazine groups is 1. The third-order valence-corrected chi connectivity index (χ3v) is 5.45. The fraction of sp³-hybridized carbons (Fsp3) is 0.190. The van der Waals surface area contributed by atoms with Crippen molar-refractivity contribution in [1.29, 1.82) is 0 Å². The van der Waals surface area contributed by atoms with Crippen molar-refractivity contribution in [3.63, 3.8) is 0 Å². The van der Waals surface area contributed by atoms with Crippen molar-refractivity contribution < 1.29 is 14.4 Å². The molecule has 0 saturated carbocycles. The number of nitrogens with one attached hydrogen (secondary N) is 2. The quantitative estimate of drug-likeness (QED) is 0.720. The average Bonchev–Trinajstić information content (AvgIpc) is 3.02. The van der Waals surface area contributed by atoms with E-state index < -0.39 is 12.2 Å². The van der Waals surface area contributed by atoms with Crippen LogP contribution in [0, 0.1) is 13.8 Å². The van der Waals surface area contributed by atoms with E-state index in [1.54, 1.807) is 18.3 Å². The number of hydrogen-bond donors (Lipinski definition) is 2. The minimum atomic E-state index is -0.903. The second kappa shape index (κ2) is 7.92. The zero-order valence-electron chi connectivity index (χ0n) is 16.4. The molecule has 154 valence electrons. The minimum Gasteiger partial charge on any atom is -0.324 e. The molecule has 0 radical (unpaired) electrons. The van der Waals surface area contributed by atoms with Gasteiger partial charge in [-0.1, -0.05) is 33.6 Å². The molecule has 1 fully saturated rings. The third-order valence-electron chi connectivity index (χ3n) is 4.92. The van der Waals surface area contributed by atoms with E-state index in [4.69, 9.17) is 0 Å². The molecule has 0 aromatic heterocycles. The third kappa shape index (κ3) is 3.81. The normalized spacial score (nSPS) is 18.1. The molecule has 2 aromatic carbocycles. The first-order chi connectivity index (χ1) is 14.3. The molecule has 0 aliphatic carbocycles. The van der Waals surface area contributed by atoms with Gasteiger partial charge in [0, 0.05) is 28.2 Å². The summed E-state index contributed by atoms with van der Waals surface area (Å²) in [6.45, 7) is 3.66. The highest BCUT2D eigenvalue weighted by atomic mass is 79.9. The van der Waals surface area contributed by atoms with Gasteiger partial charge in [0.25, 0.3) is 5.91 Å². The van der Waals surface area contributed by atoms with Crippen LogP contribution in [0.3, 0.4) is 0 Å². The molecule has 2 aromatic rings. The Bertz CT molecular complexity index is 1050. The van der Waals surface area contributed by atoms with E-state index in [-0.39, 0.29) is 18.4 Å². The van der Waals surface area contributed by atoms with E-state index in [0.717, 1.165) is 20.6 Å². The lowest BCUT2D eigenvalue weighted by Gasteiger charge is -2.29. The predicted octanol–water partition coefficient (Wildman–Crippen LogP) is 3.09. The van der Waals surface area contributed by atoms with E-state index in [2.05, 4.69) is 26.7 Å². The van der Waals surface area contributed by atoms with Crippen LogP contribution in [0.25, 0.3) is 0 Å². The molecule has 2 aliphatic heterocycles. The molecule has 1 unspecified atom stereocenters. The van der Waals surface area contributed by atoms with Crippen molar-refractivity contribution in [2.45, 2.75) is 20.0 Å². The second-order valence-corrected chi connectivity index (χ2v) is 8.07. The first-order valence-corrected chi connectivity index (χ1v) is 10.1. The first kappa shape index (κ1) is 20.1. The summed E-state index contributed by atoms with van der Waals surface area (Å²) in [5.41, 5.74) is 6.24. The Morgan fingerprint density at radius 3 is 2.53 bits per heavy atom. The van der Waals surface area contributed by atoms with E-state index in [1.807, 2.05) is 44.2 Å². The standard InChI is InChI=1S/C21H20BrN5O3/c1-13-3-8-17(14(2)11-13)23-18(28)12-27-21(30)26-10-9-25(20(29)19(26)24-27)16-6-4-15(22)5-7-16/h3-11,19,24H,12H2,1-2H3,(H,23,28). The van der Waals surface area contributed by atoms with Crippen LogP contribution in [0.1, 0.15) is 11.1 Å². The Balaban J connectivity index is 1.44. The summed E-state index contributed by atoms with van der Waals surface area (Å²) in [6, 6.07) is 12.5. The summed E-state index contributed by atoms with van der Waals surface area (Å²) in [5, 5.41) is 3.96. The molecule has 2 aliphatic rings. The smallest absolute Gasteiger partial charge is 0.324 e. The molecule has 0 spiro atoms. The van der Waals surface area contributed by atoms with Crippen molar-refractivity contribution in [3.05, 3.63) is 70.5 Å². The van der Waals surface area contributed by atoms with Gasteiger partial charge in [-0.25, -0.2) is 9.80 Å². The number of halogens is 1. The number of fused-ring (bicyclic) bond motifs is 1. The van der Waals surface area contributed by atoms with E-state index in [9.17, 15) is 14.4 Å².